The SMILES string of the molecule is COc1ccc([C@H](CC(=O)O)Cc2csc(CCCc3ccc4c(n3)NCCC4)n2)cn1.Cl. The van der Waals surface area contributed by atoms with E-state index >= 15 is 0 Å². The second-order valence-electron chi connectivity index (χ2n) is 8.06. The molecule has 3 aromatic heterocycles. The number of carbonyl (C=O) groups is 1. The fourth-order valence-electron chi connectivity index (χ4n) is 4.01. The number of nitrogens with zero attached hydrogens (tertiary/aromatic N) is 3. The Morgan fingerprint density at radius 2 is 2.09 bits per heavy atom. The number of nitrogens with one attached hydrogen (secondary N) is 1. The molecular formula is C24H29ClN4O3S. The summed E-state index contributed by atoms with van der Waals surface area (Å²) in [6.07, 6.45) is 7.39. The smallest absolute Gasteiger partial charge is 0.303 e. The predicted octanol–water partition coefficient (Wildman–Crippen LogP) is 4.70. The first kappa shape index (κ1) is 24.9. The van der Waals surface area contributed by atoms with Gasteiger partial charge in [0.2, 0.25) is 5.88 Å². The van der Waals surface area contributed by atoms with Gasteiger partial charge in [0.1, 0.15) is 5.82 Å². The van der Waals surface area contributed by atoms with Crippen molar-refractivity contribution in [1.82, 2.24) is 15.0 Å². The van der Waals surface area contributed by atoms with E-state index in [1.807, 2.05) is 11.4 Å². The van der Waals surface area contributed by atoms with Gasteiger partial charge in [0.05, 0.1) is 24.2 Å². The van der Waals surface area contributed by atoms with E-state index in [2.05, 4.69) is 22.4 Å². The minimum absolute atomic E-state index is 0. The average Bonchev–Trinajstić information content (AvgIpc) is 3.25. The summed E-state index contributed by atoms with van der Waals surface area (Å²) < 4.78 is 5.10. The van der Waals surface area contributed by atoms with Gasteiger partial charge in [0.25, 0.3) is 0 Å². The quantitative estimate of drug-likeness (QED) is 0.427. The number of aliphatic carboxylic acids is 1. The zero-order valence-electron chi connectivity index (χ0n) is 18.6. The van der Waals surface area contributed by atoms with Crippen LogP contribution in [-0.4, -0.2) is 39.7 Å². The van der Waals surface area contributed by atoms with Gasteiger partial charge >= 0.3 is 5.97 Å². The van der Waals surface area contributed by atoms with Crippen molar-refractivity contribution in [2.45, 2.75) is 50.9 Å². The minimum Gasteiger partial charge on any atom is -0.481 e. The van der Waals surface area contributed by atoms with E-state index < -0.39 is 5.97 Å². The molecule has 33 heavy (non-hydrogen) atoms. The van der Waals surface area contributed by atoms with Crippen LogP contribution in [0.2, 0.25) is 0 Å². The van der Waals surface area contributed by atoms with Crippen molar-refractivity contribution in [1.29, 1.82) is 0 Å². The summed E-state index contributed by atoms with van der Waals surface area (Å²) in [6.45, 7) is 1.00. The van der Waals surface area contributed by atoms with E-state index in [-0.39, 0.29) is 24.7 Å². The van der Waals surface area contributed by atoms with Crippen LogP contribution in [0.5, 0.6) is 5.88 Å². The highest BCUT2D eigenvalue weighted by Gasteiger charge is 2.19. The molecule has 0 unspecified atom stereocenters. The van der Waals surface area contributed by atoms with Crippen LogP contribution in [0.15, 0.2) is 35.8 Å². The third kappa shape index (κ3) is 6.88. The van der Waals surface area contributed by atoms with E-state index in [0.717, 1.165) is 60.0 Å². The third-order valence-electron chi connectivity index (χ3n) is 5.69. The Bertz CT molecular complexity index is 1060. The Morgan fingerprint density at radius 1 is 1.21 bits per heavy atom. The standard InChI is InChI=1S/C24H28N4O3S.ClH/c1-31-21-10-8-17(14-26-21)18(13-23(29)30)12-20-15-32-22(27-20)6-2-5-19-9-7-16-4-3-11-25-24(16)28-19;/h7-10,14-15,18H,2-6,11-13H2,1H3,(H,25,28)(H,29,30);1H/t18-;/m0./s1. The number of pyridine rings is 2. The van der Waals surface area contributed by atoms with Gasteiger partial charge in [-0.25, -0.2) is 15.0 Å². The summed E-state index contributed by atoms with van der Waals surface area (Å²) in [7, 11) is 1.56. The van der Waals surface area contributed by atoms with Gasteiger partial charge in [-0.1, -0.05) is 12.1 Å². The van der Waals surface area contributed by atoms with Crippen LogP contribution in [0.4, 0.5) is 5.82 Å². The van der Waals surface area contributed by atoms with Crippen molar-refractivity contribution in [3.8, 4) is 5.88 Å². The highest BCUT2D eigenvalue weighted by Crippen LogP contribution is 2.26. The van der Waals surface area contributed by atoms with Crippen molar-refractivity contribution in [3.05, 3.63) is 63.4 Å². The molecule has 176 valence electrons. The largest absolute Gasteiger partial charge is 0.481 e. The molecule has 0 fully saturated rings. The van der Waals surface area contributed by atoms with Gasteiger partial charge in [-0.3, -0.25) is 4.79 Å². The summed E-state index contributed by atoms with van der Waals surface area (Å²) in [5.74, 6) is 0.562. The molecule has 0 aliphatic carbocycles. The summed E-state index contributed by atoms with van der Waals surface area (Å²) in [4.78, 5) is 25.1. The molecule has 3 aromatic rings. The van der Waals surface area contributed by atoms with E-state index in [4.69, 9.17) is 14.7 Å². The number of thiazole rings is 1. The second-order valence-corrected chi connectivity index (χ2v) is 9.00. The first-order valence-electron chi connectivity index (χ1n) is 11.0. The van der Waals surface area contributed by atoms with Crippen LogP contribution in [0, 0.1) is 0 Å². The number of carboxylic acids is 1. The van der Waals surface area contributed by atoms with Gasteiger partial charge in [0, 0.05) is 35.8 Å². The lowest BCUT2D eigenvalue weighted by Crippen LogP contribution is -2.14. The molecule has 0 radical (unpaired) electrons. The number of aromatic nitrogens is 3. The summed E-state index contributed by atoms with van der Waals surface area (Å²) in [6, 6.07) is 7.98. The number of fused-ring (bicyclic) bond motifs is 1. The molecule has 1 atom stereocenters. The van der Waals surface area contributed by atoms with Crippen LogP contribution in [0.25, 0.3) is 0 Å². The van der Waals surface area contributed by atoms with E-state index in [9.17, 15) is 9.90 Å². The molecule has 9 heteroatoms. The van der Waals surface area contributed by atoms with Gasteiger partial charge in [-0.2, -0.15) is 0 Å². The third-order valence-corrected chi connectivity index (χ3v) is 6.65. The highest BCUT2D eigenvalue weighted by molar-refractivity contribution is 7.09. The number of ether oxygens (including phenoxy) is 1. The number of methoxy groups -OCH3 is 1. The second kappa shape index (κ2) is 12.0. The van der Waals surface area contributed by atoms with Crippen molar-refractivity contribution in [2.24, 2.45) is 0 Å². The van der Waals surface area contributed by atoms with Crippen molar-refractivity contribution >= 4 is 35.5 Å². The van der Waals surface area contributed by atoms with Crippen LogP contribution < -0.4 is 10.1 Å². The van der Waals surface area contributed by atoms with Crippen molar-refractivity contribution in [2.75, 3.05) is 19.0 Å². The summed E-state index contributed by atoms with van der Waals surface area (Å²) in [5.41, 5.74) is 4.24. The first-order chi connectivity index (χ1) is 15.6. The number of carboxylic acid groups (broad SMARTS) is 1. The predicted molar refractivity (Wildman–Crippen MR) is 132 cm³/mol. The summed E-state index contributed by atoms with van der Waals surface area (Å²) in [5, 5.41) is 15.9. The highest BCUT2D eigenvalue weighted by atomic mass is 35.5. The zero-order chi connectivity index (χ0) is 22.3. The topological polar surface area (TPSA) is 97.2 Å². The Balaban J connectivity index is 0.00000306. The molecule has 1 aliphatic heterocycles. The molecule has 1 aliphatic rings. The van der Waals surface area contributed by atoms with E-state index in [0.29, 0.717) is 12.3 Å². The number of halogens is 1. The zero-order valence-corrected chi connectivity index (χ0v) is 20.3. The van der Waals surface area contributed by atoms with E-state index in [1.54, 1.807) is 30.7 Å². The van der Waals surface area contributed by atoms with Crippen LogP contribution >= 0.6 is 23.7 Å². The number of hydrogen-bond donors (Lipinski definition) is 2. The van der Waals surface area contributed by atoms with Crippen LogP contribution in [-0.2, 0) is 30.5 Å². The number of rotatable bonds is 10. The molecule has 0 aromatic carbocycles. The molecule has 2 N–H and O–H groups in total. The fraction of sp³-hybridized carbons (Fsp3) is 0.417. The average molecular weight is 489 g/mol. The van der Waals surface area contributed by atoms with Crippen molar-refractivity contribution in [3.63, 3.8) is 0 Å². The van der Waals surface area contributed by atoms with Crippen LogP contribution in [0.1, 0.15) is 52.7 Å². The Labute approximate surface area is 204 Å². The van der Waals surface area contributed by atoms with Crippen molar-refractivity contribution < 1.29 is 14.6 Å². The molecule has 0 amide bonds. The normalized spacial score (nSPS) is 13.4. The molecule has 0 saturated carbocycles. The maximum absolute atomic E-state index is 11.4. The lowest BCUT2D eigenvalue weighted by molar-refractivity contribution is -0.137. The lowest BCUT2D eigenvalue weighted by Gasteiger charge is -2.17. The Morgan fingerprint density at radius 3 is 2.85 bits per heavy atom. The van der Waals surface area contributed by atoms with Gasteiger partial charge in [0.15, 0.2) is 0 Å². The first-order valence-corrected chi connectivity index (χ1v) is 11.9. The molecular weight excluding hydrogens is 460 g/mol. The Hall–Kier alpha value is -2.71. The van der Waals surface area contributed by atoms with Gasteiger partial charge in [-0.05, 0) is 55.7 Å². The number of anilines is 1. The molecule has 0 saturated heterocycles. The Kier molecular flexibility index (Phi) is 9.03. The maximum atomic E-state index is 11.4. The number of hydrogen-bond acceptors (Lipinski definition) is 7. The van der Waals surface area contributed by atoms with Gasteiger partial charge < -0.3 is 15.2 Å². The monoisotopic (exact) mass is 488 g/mol. The summed E-state index contributed by atoms with van der Waals surface area (Å²) >= 11 is 1.64. The minimum atomic E-state index is -0.826. The van der Waals surface area contributed by atoms with E-state index in [1.165, 1.54) is 12.0 Å². The van der Waals surface area contributed by atoms with Gasteiger partial charge in [-0.15, -0.1) is 23.7 Å². The maximum Gasteiger partial charge on any atom is 0.303 e. The van der Waals surface area contributed by atoms with Crippen LogP contribution in [0.3, 0.4) is 0 Å². The molecule has 0 spiro atoms. The molecule has 4 rings (SSSR count). The lowest BCUT2D eigenvalue weighted by atomic mass is 9.92. The molecule has 4 heterocycles. The molecule has 0 bridgehead atoms. The molecule has 7 nitrogen and oxygen atoms in total. The number of aryl methyl sites for hydroxylation is 3. The fourth-order valence-corrected chi connectivity index (χ4v) is 4.86.